The van der Waals surface area contributed by atoms with Crippen LogP contribution in [-0.2, 0) is 10.9 Å². The van der Waals surface area contributed by atoms with Gasteiger partial charge in [0, 0.05) is 42.2 Å². The molecule has 1 fully saturated rings. The minimum absolute atomic E-state index is 0.0167. The summed E-state index contributed by atoms with van der Waals surface area (Å²) in [5, 5.41) is 11.9. The van der Waals surface area contributed by atoms with E-state index < -0.39 is 17.8 Å². The molecule has 7 nitrogen and oxygen atoms in total. The number of halogens is 3. The van der Waals surface area contributed by atoms with Crippen LogP contribution in [0.25, 0.3) is 0 Å². The van der Waals surface area contributed by atoms with Gasteiger partial charge < -0.3 is 25.6 Å². The van der Waals surface area contributed by atoms with Crippen molar-refractivity contribution in [1.82, 2.24) is 15.2 Å². The van der Waals surface area contributed by atoms with Crippen molar-refractivity contribution in [3.63, 3.8) is 0 Å². The zero-order valence-corrected chi connectivity index (χ0v) is 22.6. The second-order valence-corrected chi connectivity index (χ2v) is 11.1. The molecule has 0 saturated carbocycles. The van der Waals surface area contributed by atoms with Crippen LogP contribution in [0.3, 0.4) is 0 Å². The number of nitrogens with one attached hydrogen (secondary N) is 3. The van der Waals surface area contributed by atoms with E-state index in [0.29, 0.717) is 35.2 Å². The zero-order chi connectivity index (χ0) is 27.6. The number of thiazole rings is 1. The highest BCUT2D eigenvalue weighted by Crippen LogP contribution is 2.51. The first-order chi connectivity index (χ1) is 18.7. The first kappa shape index (κ1) is 27.4. The molecule has 5 rings (SSSR count). The summed E-state index contributed by atoms with van der Waals surface area (Å²) >= 11 is 1.34. The second kappa shape index (κ2) is 11.5. The van der Waals surface area contributed by atoms with E-state index in [-0.39, 0.29) is 24.0 Å². The molecule has 0 unspecified atom stereocenters. The Bertz CT molecular complexity index is 1280. The monoisotopic (exact) mass is 559 g/mol. The van der Waals surface area contributed by atoms with E-state index in [1.807, 2.05) is 49.3 Å². The highest BCUT2D eigenvalue weighted by Gasteiger charge is 2.43. The molecule has 2 aromatic carbocycles. The predicted molar refractivity (Wildman–Crippen MR) is 146 cm³/mol. The van der Waals surface area contributed by atoms with Gasteiger partial charge in [0.15, 0.2) is 5.13 Å². The minimum atomic E-state index is -4.43. The maximum atomic E-state index is 13.6. The molecule has 4 atom stereocenters. The van der Waals surface area contributed by atoms with E-state index in [2.05, 4.69) is 20.9 Å². The Labute approximate surface area is 229 Å². The number of aromatic nitrogens is 1. The standard InChI is InChI=1S/C28H32F3N5O2S/c1-36(2)13-12-32-26(37)23-16-39-27(35-23)33-15-19-9-10-20-24(17-6-4-3-5-7-17)34-22-11-8-18(28(29,30)31)14-21(22)25(20)38-19/h3-8,11,14,16,19-20,24-25,34H,9-10,12-13,15H2,1-2H3,(H,32,37)(H,33,35)/t19-,20+,24+,25+/m1/s1. The first-order valence-electron chi connectivity index (χ1n) is 13.0. The van der Waals surface area contributed by atoms with Gasteiger partial charge in [-0.15, -0.1) is 11.3 Å². The summed E-state index contributed by atoms with van der Waals surface area (Å²) in [7, 11) is 3.87. The van der Waals surface area contributed by atoms with Crippen molar-refractivity contribution in [2.45, 2.75) is 37.3 Å². The molecule has 0 spiro atoms. The number of carbonyl (C=O) groups excluding carboxylic acids is 1. The highest BCUT2D eigenvalue weighted by atomic mass is 32.1. The molecule has 2 aliphatic heterocycles. The molecule has 3 aromatic rings. The van der Waals surface area contributed by atoms with Gasteiger partial charge in [0.2, 0.25) is 0 Å². The number of ether oxygens (including phenoxy) is 1. The third-order valence-corrected chi connectivity index (χ3v) is 8.00. The molecule has 39 heavy (non-hydrogen) atoms. The maximum absolute atomic E-state index is 13.6. The molecule has 11 heteroatoms. The Morgan fingerprint density at radius 1 is 1.18 bits per heavy atom. The van der Waals surface area contributed by atoms with Gasteiger partial charge in [-0.1, -0.05) is 30.3 Å². The molecular weight excluding hydrogens is 527 g/mol. The number of anilines is 2. The van der Waals surface area contributed by atoms with Gasteiger partial charge in [0.05, 0.1) is 23.8 Å². The van der Waals surface area contributed by atoms with Crippen molar-refractivity contribution < 1.29 is 22.7 Å². The van der Waals surface area contributed by atoms with E-state index >= 15 is 0 Å². The fourth-order valence-electron chi connectivity index (χ4n) is 5.22. The quantitative estimate of drug-likeness (QED) is 0.335. The first-order valence-corrected chi connectivity index (χ1v) is 13.9. The summed E-state index contributed by atoms with van der Waals surface area (Å²) in [6, 6.07) is 13.7. The summed E-state index contributed by atoms with van der Waals surface area (Å²) < 4.78 is 47.2. The lowest BCUT2D eigenvalue weighted by molar-refractivity contribution is -0.138. The van der Waals surface area contributed by atoms with Gasteiger partial charge in [-0.2, -0.15) is 13.2 Å². The van der Waals surface area contributed by atoms with Gasteiger partial charge in [0.1, 0.15) is 5.69 Å². The normalized spacial score (nSPS) is 22.5. The molecule has 1 aromatic heterocycles. The maximum Gasteiger partial charge on any atom is 0.416 e. The third kappa shape index (κ3) is 6.37. The SMILES string of the molecule is CN(C)CCNC(=O)c1csc(NC[C@H]2CC[C@@H]3[C@H](O2)c2cc(C(F)(F)F)ccc2N[C@H]3c2ccccc2)n1. The Morgan fingerprint density at radius 3 is 2.72 bits per heavy atom. The number of fused-ring (bicyclic) bond motifs is 3. The Hall–Kier alpha value is -3.15. The van der Waals surface area contributed by atoms with Crippen molar-refractivity contribution in [3.8, 4) is 0 Å². The largest absolute Gasteiger partial charge is 0.416 e. The predicted octanol–water partition coefficient (Wildman–Crippen LogP) is 5.57. The van der Waals surface area contributed by atoms with Crippen molar-refractivity contribution in [2.75, 3.05) is 44.4 Å². The number of likely N-dealkylation sites (N-methyl/N-ethyl adjacent to an activating group) is 1. The molecule has 0 aliphatic carbocycles. The number of carbonyl (C=O) groups is 1. The molecule has 2 aliphatic rings. The summed E-state index contributed by atoms with van der Waals surface area (Å²) in [6.07, 6.45) is -3.60. The lowest BCUT2D eigenvalue weighted by atomic mass is 9.76. The highest BCUT2D eigenvalue weighted by molar-refractivity contribution is 7.13. The number of alkyl halides is 3. The van der Waals surface area contributed by atoms with E-state index in [9.17, 15) is 18.0 Å². The molecule has 1 amide bonds. The van der Waals surface area contributed by atoms with Crippen LogP contribution in [0, 0.1) is 5.92 Å². The van der Waals surface area contributed by atoms with Crippen LogP contribution >= 0.6 is 11.3 Å². The van der Waals surface area contributed by atoms with Gasteiger partial charge in [0.25, 0.3) is 5.91 Å². The second-order valence-electron chi connectivity index (χ2n) is 10.2. The fraction of sp³-hybridized carbons (Fsp3) is 0.429. The fourth-order valence-corrected chi connectivity index (χ4v) is 5.92. The number of rotatable bonds is 8. The smallest absolute Gasteiger partial charge is 0.378 e. The Kier molecular flexibility index (Phi) is 8.11. The lowest BCUT2D eigenvalue weighted by Crippen LogP contribution is -2.41. The number of hydrogen-bond donors (Lipinski definition) is 3. The molecule has 3 N–H and O–H groups in total. The van der Waals surface area contributed by atoms with Crippen molar-refractivity contribution in [1.29, 1.82) is 0 Å². The van der Waals surface area contributed by atoms with E-state index in [1.165, 1.54) is 23.5 Å². The van der Waals surface area contributed by atoms with Gasteiger partial charge in [-0.3, -0.25) is 4.79 Å². The zero-order valence-electron chi connectivity index (χ0n) is 21.8. The van der Waals surface area contributed by atoms with E-state index in [1.54, 1.807) is 5.38 Å². The third-order valence-electron chi connectivity index (χ3n) is 7.20. The van der Waals surface area contributed by atoms with Gasteiger partial charge in [-0.05, 0) is 50.7 Å². The average Bonchev–Trinajstić information content (AvgIpc) is 3.40. The van der Waals surface area contributed by atoms with E-state index in [0.717, 1.165) is 31.0 Å². The summed E-state index contributed by atoms with van der Waals surface area (Å²) in [4.78, 5) is 18.7. The molecule has 0 radical (unpaired) electrons. The van der Waals surface area contributed by atoms with Crippen molar-refractivity contribution >= 4 is 28.1 Å². The van der Waals surface area contributed by atoms with Gasteiger partial charge >= 0.3 is 6.18 Å². The minimum Gasteiger partial charge on any atom is -0.378 e. The summed E-state index contributed by atoms with van der Waals surface area (Å²) in [6.45, 7) is 1.70. The molecule has 1 saturated heterocycles. The van der Waals surface area contributed by atoms with Crippen LogP contribution < -0.4 is 16.0 Å². The van der Waals surface area contributed by atoms with Crippen LogP contribution in [0.4, 0.5) is 24.0 Å². The number of amides is 1. The van der Waals surface area contributed by atoms with Crippen LogP contribution in [0.15, 0.2) is 53.9 Å². The Balaban J connectivity index is 1.29. The molecule has 3 heterocycles. The van der Waals surface area contributed by atoms with Gasteiger partial charge in [-0.25, -0.2) is 4.98 Å². The molecular formula is C28H32F3N5O2S. The van der Waals surface area contributed by atoms with E-state index in [4.69, 9.17) is 4.74 Å². The van der Waals surface area contributed by atoms with Crippen LogP contribution in [0.1, 0.15) is 52.2 Å². The van der Waals surface area contributed by atoms with Crippen LogP contribution in [0.2, 0.25) is 0 Å². The number of hydrogen-bond acceptors (Lipinski definition) is 7. The summed E-state index contributed by atoms with van der Waals surface area (Å²) in [5.74, 6) is -0.242. The Morgan fingerprint density at radius 2 is 1.97 bits per heavy atom. The lowest BCUT2D eigenvalue weighted by Gasteiger charge is -2.46. The van der Waals surface area contributed by atoms with Crippen molar-refractivity contribution in [3.05, 3.63) is 76.3 Å². The van der Waals surface area contributed by atoms with Crippen LogP contribution in [-0.4, -0.2) is 55.6 Å². The summed E-state index contributed by atoms with van der Waals surface area (Å²) in [5.41, 5.74) is 1.96. The number of nitrogens with zero attached hydrogens (tertiary/aromatic N) is 2. The molecule has 208 valence electrons. The van der Waals surface area contributed by atoms with Crippen molar-refractivity contribution in [2.24, 2.45) is 5.92 Å². The topological polar surface area (TPSA) is 78.5 Å². The average molecular weight is 560 g/mol. The van der Waals surface area contributed by atoms with Crippen LogP contribution in [0.5, 0.6) is 0 Å². The number of benzene rings is 2. The molecule has 0 bridgehead atoms.